The molecule has 0 saturated heterocycles. The van der Waals surface area contributed by atoms with Crippen molar-refractivity contribution >= 4 is 34.7 Å². The zero-order chi connectivity index (χ0) is 19.8. The number of Topliss-reactive ketones (excluding diaryl/α,β-unsaturated/α-hetero) is 1. The molecule has 0 N–H and O–H groups in total. The summed E-state index contributed by atoms with van der Waals surface area (Å²) in [6.45, 7) is 0. The molecular weight excluding hydrogens is 380 g/mol. The maximum absolute atomic E-state index is 13.1. The largest absolute Gasteiger partial charge is 0.294 e. The second-order valence-corrected chi connectivity index (χ2v) is 7.33. The number of nitro benzene ring substituents is 1. The van der Waals surface area contributed by atoms with Crippen molar-refractivity contribution in [1.29, 1.82) is 0 Å². The third-order valence-corrected chi connectivity index (χ3v) is 5.58. The zero-order valence-electron chi connectivity index (χ0n) is 14.9. The van der Waals surface area contributed by atoms with Gasteiger partial charge in [0.1, 0.15) is 5.02 Å². The highest BCUT2D eigenvalue weighted by atomic mass is 35.5. The smallest absolute Gasteiger partial charge is 0.289 e. The molecule has 1 heterocycles. The molecular formula is C21H17ClN2O4. The van der Waals surface area contributed by atoms with Crippen LogP contribution in [0.25, 0.3) is 0 Å². The van der Waals surface area contributed by atoms with Gasteiger partial charge in [-0.1, -0.05) is 41.9 Å². The van der Waals surface area contributed by atoms with Crippen LogP contribution in [0.1, 0.15) is 37.2 Å². The Balaban J connectivity index is 1.87. The summed E-state index contributed by atoms with van der Waals surface area (Å²) in [5, 5.41) is 11.3. The Kier molecular flexibility index (Phi) is 4.73. The standard InChI is InChI=1S/C21H17ClN2O4/c22-16-10-9-14(11-18(16)24(27)28)23-17-7-4-8-19(25)21(17)15(12-20(23)26)13-5-2-1-3-6-13/h1-3,5-6,9-11,15H,4,7-8,12H2. The SMILES string of the molecule is O=C1CCCC2=C1C(c1ccccc1)CC(=O)N2c1ccc(Cl)c([N+](=O)[O-])c1. The van der Waals surface area contributed by atoms with Crippen LogP contribution in [0.5, 0.6) is 0 Å². The predicted molar refractivity (Wildman–Crippen MR) is 105 cm³/mol. The Morgan fingerprint density at radius 2 is 1.82 bits per heavy atom. The maximum atomic E-state index is 13.1. The second kappa shape index (κ2) is 7.20. The van der Waals surface area contributed by atoms with E-state index in [1.54, 1.807) is 6.07 Å². The lowest BCUT2D eigenvalue weighted by atomic mass is 9.77. The van der Waals surface area contributed by atoms with E-state index in [-0.39, 0.29) is 34.7 Å². The van der Waals surface area contributed by atoms with Crippen molar-refractivity contribution in [3.05, 3.63) is 80.5 Å². The minimum Gasteiger partial charge on any atom is -0.294 e. The van der Waals surface area contributed by atoms with Crippen molar-refractivity contribution in [2.75, 3.05) is 4.90 Å². The van der Waals surface area contributed by atoms with Crippen LogP contribution in [0, 0.1) is 10.1 Å². The molecule has 0 spiro atoms. The third-order valence-electron chi connectivity index (χ3n) is 5.26. The summed E-state index contributed by atoms with van der Waals surface area (Å²) in [5.74, 6) is -0.426. The fraction of sp³-hybridized carbons (Fsp3) is 0.238. The summed E-state index contributed by atoms with van der Waals surface area (Å²) in [6.07, 6.45) is 1.82. The third kappa shape index (κ3) is 3.10. The van der Waals surface area contributed by atoms with Gasteiger partial charge in [0.15, 0.2) is 5.78 Å². The van der Waals surface area contributed by atoms with Crippen LogP contribution in [0.2, 0.25) is 5.02 Å². The first-order valence-corrected chi connectivity index (χ1v) is 9.43. The molecule has 7 heteroatoms. The summed E-state index contributed by atoms with van der Waals surface area (Å²) in [6, 6.07) is 13.8. The molecule has 2 aromatic rings. The zero-order valence-corrected chi connectivity index (χ0v) is 15.7. The lowest BCUT2D eigenvalue weighted by Gasteiger charge is -2.38. The summed E-state index contributed by atoms with van der Waals surface area (Å²) >= 11 is 5.92. The van der Waals surface area contributed by atoms with E-state index in [1.165, 1.54) is 17.0 Å². The highest BCUT2D eigenvalue weighted by Gasteiger charge is 2.40. The Morgan fingerprint density at radius 1 is 1.07 bits per heavy atom. The van der Waals surface area contributed by atoms with Gasteiger partial charge in [0.05, 0.1) is 10.6 Å². The topological polar surface area (TPSA) is 80.5 Å². The van der Waals surface area contributed by atoms with Crippen molar-refractivity contribution in [3.63, 3.8) is 0 Å². The first-order chi connectivity index (χ1) is 13.5. The number of hydrogen-bond acceptors (Lipinski definition) is 4. The van der Waals surface area contributed by atoms with Gasteiger partial charge in [0.2, 0.25) is 5.91 Å². The van der Waals surface area contributed by atoms with Crippen LogP contribution in [0.3, 0.4) is 0 Å². The van der Waals surface area contributed by atoms with Crippen molar-refractivity contribution in [2.45, 2.75) is 31.6 Å². The Labute approximate surface area is 166 Å². The number of nitrogens with zero attached hydrogens (tertiary/aromatic N) is 2. The van der Waals surface area contributed by atoms with Gasteiger partial charge >= 0.3 is 0 Å². The molecule has 0 bridgehead atoms. The van der Waals surface area contributed by atoms with E-state index in [9.17, 15) is 19.7 Å². The second-order valence-electron chi connectivity index (χ2n) is 6.93. The van der Waals surface area contributed by atoms with E-state index >= 15 is 0 Å². The number of amides is 1. The highest BCUT2D eigenvalue weighted by molar-refractivity contribution is 6.32. The average molecular weight is 397 g/mol. The molecule has 2 aromatic carbocycles. The average Bonchev–Trinajstić information content (AvgIpc) is 2.69. The van der Waals surface area contributed by atoms with E-state index < -0.39 is 4.92 Å². The molecule has 0 fully saturated rings. The first-order valence-electron chi connectivity index (χ1n) is 9.05. The monoisotopic (exact) mass is 396 g/mol. The van der Waals surface area contributed by atoms with Gasteiger partial charge in [-0.15, -0.1) is 0 Å². The molecule has 28 heavy (non-hydrogen) atoms. The molecule has 4 rings (SSSR count). The minimum absolute atomic E-state index is 0.00861. The van der Waals surface area contributed by atoms with E-state index in [0.717, 1.165) is 5.56 Å². The summed E-state index contributed by atoms with van der Waals surface area (Å²) < 4.78 is 0. The number of carbonyl (C=O) groups is 2. The lowest BCUT2D eigenvalue weighted by molar-refractivity contribution is -0.384. The number of nitro groups is 1. The van der Waals surface area contributed by atoms with E-state index in [1.807, 2.05) is 30.3 Å². The van der Waals surface area contributed by atoms with E-state index in [2.05, 4.69) is 0 Å². The number of anilines is 1. The van der Waals surface area contributed by atoms with Gasteiger partial charge in [-0.3, -0.25) is 24.6 Å². The van der Waals surface area contributed by atoms with Crippen LogP contribution >= 0.6 is 11.6 Å². The fourth-order valence-corrected chi connectivity index (χ4v) is 4.23. The van der Waals surface area contributed by atoms with Crippen LogP contribution in [0.15, 0.2) is 59.8 Å². The number of hydrogen-bond donors (Lipinski definition) is 0. The van der Waals surface area contributed by atoms with Gasteiger partial charge in [-0.05, 0) is 30.5 Å². The van der Waals surface area contributed by atoms with Gasteiger partial charge in [-0.2, -0.15) is 0 Å². The van der Waals surface area contributed by atoms with Gasteiger partial charge in [0, 0.05) is 36.1 Å². The van der Waals surface area contributed by atoms with Crippen molar-refractivity contribution in [2.24, 2.45) is 0 Å². The highest BCUT2D eigenvalue weighted by Crippen LogP contribution is 2.44. The quantitative estimate of drug-likeness (QED) is 0.552. The molecule has 0 aromatic heterocycles. The number of allylic oxidation sites excluding steroid dienone is 2. The normalized spacial score (nSPS) is 19.6. The molecule has 6 nitrogen and oxygen atoms in total. The van der Waals surface area contributed by atoms with Crippen LogP contribution in [0.4, 0.5) is 11.4 Å². The number of halogens is 1. The molecule has 1 aliphatic heterocycles. The van der Waals surface area contributed by atoms with Crippen molar-refractivity contribution in [1.82, 2.24) is 0 Å². The number of rotatable bonds is 3. The molecule has 1 atom stereocenters. The van der Waals surface area contributed by atoms with Crippen LogP contribution in [-0.2, 0) is 9.59 Å². The molecule has 0 radical (unpaired) electrons. The number of benzene rings is 2. The minimum atomic E-state index is -0.575. The number of ketones is 1. The Bertz CT molecular complexity index is 1020. The molecule has 1 unspecified atom stereocenters. The molecule has 0 saturated carbocycles. The number of carbonyl (C=O) groups excluding carboxylic acids is 2. The fourth-order valence-electron chi connectivity index (χ4n) is 4.04. The summed E-state index contributed by atoms with van der Waals surface area (Å²) in [7, 11) is 0. The maximum Gasteiger partial charge on any atom is 0.289 e. The Morgan fingerprint density at radius 3 is 2.54 bits per heavy atom. The van der Waals surface area contributed by atoms with Crippen LogP contribution < -0.4 is 4.90 Å². The van der Waals surface area contributed by atoms with Crippen molar-refractivity contribution < 1.29 is 14.5 Å². The van der Waals surface area contributed by atoms with E-state index in [4.69, 9.17) is 11.6 Å². The van der Waals surface area contributed by atoms with Crippen LogP contribution in [-0.4, -0.2) is 16.6 Å². The van der Waals surface area contributed by atoms with Gasteiger partial charge < -0.3 is 0 Å². The predicted octanol–water partition coefficient (Wildman–Crippen LogP) is 4.78. The molecule has 2 aliphatic rings. The summed E-state index contributed by atoms with van der Waals surface area (Å²) in [4.78, 5) is 38.0. The molecule has 1 aliphatic carbocycles. The van der Waals surface area contributed by atoms with Crippen molar-refractivity contribution in [3.8, 4) is 0 Å². The Hall–Kier alpha value is -2.99. The lowest BCUT2D eigenvalue weighted by Crippen LogP contribution is -2.40. The molecule has 142 valence electrons. The molecule has 1 amide bonds. The first kappa shape index (κ1) is 18.4. The van der Waals surface area contributed by atoms with Gasteiger partial charge in [-0.25, -0.2) is 0 Å². The summed E-state index contributed by atoms with van der Waals surface area (Å²) in [5.41, 5.74) is 2.34. The van der Waals surface area contributed by atoms with Gasteiger partial charge in [0.25, 0.3) is 5.69 Å². The van der Waals surface area contributed by atoms with E-state index in [0.29, 0.717) is 36.2 Å².